The molecule has 0 fully saturated rings. The number of hydrogen-bond acceptors (Lipinski definition) is 6. The number of carboxylic acids is 1. The molecule has 1 amide bonds. The summed E-state index contributed by atoms with van der Waals surface area (Å²) in [5.41, 5.74) is 1.40. The van der Waals surface area contributed by atoms with E-state index in [9.17, 15) is 19.5 Å². The van der Waals surface area contributed by atoms with Crippen LogP contribution >= 0.6 is 11.3 Å². The molecule has 0 saturated heterocycles. The number of rotatable bonds is 6. The molecule has 1 aromatic rings. The first kappa shape index (κ1) is 17.5. The Hall–Kier alpha value is -1.89. The molecule has 2 rings (SSSR count). The minimum Gasteiger partial charge on any atom is -0.550 e. The molecule has 6 nitrogen and oxygen atoms in total. The van der Waals surface area contributed by atoms with Crippen LogP contribution in [0.25, 0.3) is 0 Å². The van der Waals surface area contributed by atoms with Crippen LogP contribution in [0, 0.1) is 0 Å². The van der Waals surface area contributed by atoms with E-state index in [1.165, 1.54) is 11.3 Å². The summed E-state index contributed by atoms with van der Waals surface area (Å²) >= 11 is 1.39. The molecule has 1 aliphatic carbocycles. The van der Waals surface area contributed by atoms with Crippen LogP contribution in [0.5, 0.6) is 0 Å². The highest BCUT2D eigenvalue weighted by Crippen LogP contribution is 2.43. The number of carbonyl (C=O) groups is 3. The van der Waals surface area contributed by atoms with Crippen molar-refractivity contribution >= 4 is 34.2 Å². The van der Waals surface area contributed by atoms with Gasteiger partial charge in [-0.2, -0.15) is 0 Å². The highest BCUT2D eigenvalue weighted by atomic mass is 32.1. The van der Waals surface area contributed by atoms with Gasteiger partial charge in [0.2, 0.25) is 5.91 Å². The second-order valence-electron chi connectivity index (χ2n) is 5.58. The van der Waals surface area contributed by atoms with Crippen molar-refractivity contribution in [3.8, 4) is 0 Å². The molecule has 1 heterocycles. The van der Waals surface area contributed by atoms with Crippen LogP contribution in [0.3, 0.4) is 0 Å². The van der Waals surface area contributed by atoms with Crippen LogP contribution in [0.15, 0.2) is 0 Å². The number of carbonyl (C=O) groups excluding carboxylic acids is 3. The van der Waals surface area contributed by atoms with Crippen molar-refractivity contribution < 1.29 is 24.2 Å². The molecule has 0 unspecified atom stereocenters. The summed E-state index contributed by atoms with van der Waals surface area (Å²) in [6.45, 7) is 4.06. The van der Waals surface area contributed by atoms with E-state index in [1.807, 2.05) is 0 Å². The van der Waals surface area contributed by atoms with E-state index in [0.717, 1.165) is 29.7 Å². The lowest BCUT2D eigenvalue weighted by Crippen LogP contribution is -2.24. The molecule has 126 valence electrons. The number of carboxylic acid groups (broad SMARTS) is 1. The second-order valence-corrected chi connectivity index (χ2v) is 6.68. The zero-order chi connectivity index (χ0) is 17.0. The molecule has 0 aromatic carbocycles. The molecule has 0 spiro atoms. The van der Waals surface area contributed by atoms with Crippen molar-refractivity contribution in [3.05, 3.63) is 16.0 Å². The molecule has 0 radical (unpaired) electrons. The predicted molar refractivity (Wildman–Crippen MR) is 84.5 cm³/mol. The highest BCUT2D eigenvalue weighted by molar-refractivity contribution is 7.17. The van der Waals surface area contributed by atoms with Crippen LogP contribution in [0.4, 0.5) is 5.00 Å². The summed E-state index contributed by atoms with van der Waals surface area (Å²) < 4.78 is 5.13. The third kappa shape index (κ3) is 4.10. The van der Waals surface area contributed by atoms with E-state index in [0.29, 0.717) is 10.6 Å². The monoisotopic (exact) mass is 338 g/mol. The number of fused-ring (bicyclic) bond motifs is 1. The Morgan fingerprint density at radius 3 is 2.74 bits per heavy atom. The Bertz CT molecular complexity index is 622. The SMILES string of the molecule is CCOC(=O)c1c(NC(=O)CCC(=O)[O-])sc2c1[C@@H](C)CCC2. The highest BCUT2D eigenvalue weighted by Gasteiger charge is 2.30. The van der Waals surface area contributed by atoms with E-state index in [-0.39, 0.29) is 25.4 Å². The van der Waals surface area contributed by atoms with Gasteiger partial charge in [-0.1, -0.05) is 6.92 Å². The lowest BCUT2D eigenvalue weighted by molar-refractivity contribution is -0.305. The first-order chi connectivity index (χ1) is 10.9. The fourth-order valence-corrected chi connectivity index (χ4v) is 4.18. The van der Waals surface area contributed by atoms with E-state index >= 15 is 0 Å². The van der Waals surface area contributed by atoms with Crippen LogP contribution in [-0.4, -0.2) is 24.5 Å². The second kappa shape index (κ2) is 7.59. The van der Waals surface area contributed by atoms with E-state index < -0.39 is 17.8 Å². The fraction of sp³-hybridized carbons (Fsp3) is 0.562. The number of amides is 1. The molecule has 1 aromatic heterocycles. The van der Waals surface area contributed by atoms with Gasteiger partial charge in [0.25, 0.3) is 0 Å². The number of aliphatic carboxylic acids is 1. The van der Waals surface area contributed by atoms with Crippen molar-refractivity contribution in [2.45, 2.75) is 51.9 Å². The van der Waals surface area contributed by atoms with Crippen molar-refractivity contribution in [2.24, 2.45) is 0 Å². The van der Waals surface area contributed by atoms with Crippen LogP contribution in [0.2, 0.25) is 0 Å². The van der Waals surface area contributed by atoms with Gasteiger partial charge in [0.15, 0.2) is 0 Å². The number of thiophene rings is 1. The summed E-state index contributed by atoms with van der Waals surface area (Å²) in [5, 5.41) is 13.6. The Labute approximate surface area is 138 Å². The maximum absolute atomic E-state index is 12.3. The lowest BCUT2D eigenvalue weighted by Gasteiger charge is -2.19. The largest absolute Gasteiger partial charge is 0.550 e. The summed E-state index contributed by atoms with van der Waals surface area (Å²) in [6.07, 6.45) is 2.40. The van der Waals surface area contributed by atoms with Gasteiger partial charge in [-0.3, -0.25) is 4.79 Å². The minimum absolute atomic E-state index is 0.178. The summed E-state index contributed by atoms with van der Waals surface area (Å²) in [6, 6.07) is 0. The van der Waals surface area contributed by atoms with Gasteiger partial charge in [0.1, 0.15) is 5.00 Å². The van der Waals surface area contributed by atoms with Crippen LogP contribution < -0.4 is 10.4 Å². The first-order valence-electron chi connectivity index (χ1n) is 7.76. The zero-order valence-corrected chi connectivity index (χ0v) is 14.1. The first-order valence-corrected chi connectivity index (χ1v) is 8.58. The number of aryl methyl sites for hydroxylation is 1. The maximum atomic E-state index is 12.3. The van der Waals surface area contributed by atoms with Gasteiger partial charge in [-0.15, -0.1) is 11.3 Å². The number of anilines is 1. The number of nitrogens with one attached hydrogen (secondary N) is 1. The zero-order valence-electron chi connectivity index (χ0n) is 13.3. The molecule has 0 aliphatic heterocycles. The van der Waals surface area contributed by atoms with Crippen LogP contribution in [0.1, 0.15) is 66.2 Å². The predicted octanol–water partition coefficient (Wildman–Crippen LogP) is 1.83. The number of ether oxygens (including phenoxy) is 1. The van der Waals surface area contributed by atoms with Gasteiger partial charge in [0, 0.05) is 17.3 Å². The Morgan fingerprint density at radius 2 is 2.09 bits per heavy atom. The van der Waals surface area contributed by atoms with Crippen LogP contribution in [-0.2, 0) is 20.7 Å². The van der Waals surface area contributed by atoms with E-state index in [2.05, 4.69) is 12.2 Å². The molecular formula is C16H20NO5S-. The van der Waals surface area contributed by atoms with Gasteiger partial charge in [-0.05, 0) is 44.1 Å². The quantitative estimate of drug-likeness (QED) is 0.798. The van der Waals surface area contributed by atoms with E-state index in [4.69, 9.17) is 4.74 Å². The smallest absolute Gasteiger partial charge is 0.341 e. The third-order valence-electron chi connectivity index (χ3n) is 3.84. The maximum Gasteiger partial charge on any atom is 0.341 e. The minimum atomic E-state index is -1.27. The van der Waals surface area contributed by atoms with Crippen molar-refractivity contribution in [1.29, 1.82) is 0 Å². The molecule has 7 heteroatoms. The summed E-state index contributed by atoms with van der Waals surface area (Å²) in [5.74, 6) is -1.91. The van der Waals surface area contributed by atoms with Crippen molar-refractivity contribution in [3.63, 3.8) is 0 Å². The van der Waals surface area contributed by atoms with Gasteiger partial charge in [0.05, 0.1) is 12.2 Å². The summed E-state index contributed by atoms with van der Waals surface area (Å²) in [7, 11) is 0. The van der Waals surface area contributed by atoms with E-state index in [1.54, 1.807) is 6.92 Å². The average Bonchev–Trinajstić information content (AvgIpc) is 2.84. The molecule has 1 atom stereocenters. The van der Waals surface area contributed by atoms with Gasteiger partial charge in [-0.25, -0.2) is 4.79 Å². The lowest BCUT2D eigenvalue weighted by atomic mass is 9.86. The molecule has 1 aliphatic rings. The Morgan fingerprint density at radius 1 is 1.35 bits per heavy atom. The van der Waals surface area contributed by atoms with Gasteiger partial charge >= 0.3 is 5.97 Å². The average molecular weight is 338 g/mol. The fourth-order valence-electron chi connectivity index (χ4n) is 2.81. The Balaban J connectivity index is 2.29. The number of esters is 1. The third-order valence-corrected chi connectivity index (χ3v) is 5.03. The normalized spacial score (nSPS) is 16.5. The van der Waals surface area contributed by atoms with Gasteiger partial charge < -0.3 is 20.0 Å². The standard InChI is InChI=1S/C16H21NO5S/c1-3-22-16(21)14-13-9(2)5-4-6-10(13)23-15(14)17-11(18)7-8-12(19)20/h9H,3-8H2,1-2H3,(H,17,18)(H,19,20)/p-1/t9-/m0/s1. The Kier molecular flexibility index (Phi) is 5.76. The summed E-state index contributed by atoms with van der Waals surface area (Å²) in [4.78, 5) is 35.8. The molecular weight excluding hydrogens is 318 g/mol. The number of hydrogen-bond donors (Lipinski definition) is 1. The van der Waals surface area contributed by atoms with Crippen molar-refractivity contribution in [1.82, 2.24) is 0 Å². The van der Waals surface area contributed by atoms with Crippen molar-refractivity contribution in [2.75, 3.05) is 11.9 Å². The molecule has 0 bridgehead atoms. The molecule has 1 N–H and O–H groups in total. The molecule has 23 heavy (non-hydrogen) atoms. The topological polar surface area (TPSA) is 95.5 Å². The molecule has 0 saturated carbocycles.